The van der Waals surface area contributed by atoms with Gasteiger partial charge in [0.05, 0.1) is 22.3 Å². The highest BCUT2D eigenvalue weighted by Crippen LogP contribution is 2.21. The first-order chi connectivity index (χ1) is 11.5. The Labute approximate surface area is 141 Å². The van der Waals surface area contributed by atoms with E-state index in [1.165, 1.54) is 23.3 Å². The number of benzene rings is 1. The van der Waals surface area contributed by atoms with Crippen LogP contribution in [0.25, 0.3) is 5.69 Å². The van der Waals surface area contributed by atoms with Crippen LogP contribution in [0.3, 0.4) is 0 Å². The van der Waals surface area contributed by atoms with Gasteiger partial charge in [-0.2, -0.15) is 0 Å². The molecule has 0 fully saturated rings. The topological polar surface area (TPSA) is 106 Å². The summed E-state index contributed by atoms with van der Waals surface area (Å²) in [5.41, 5.74) is 1.44. The van der Waals surface area contributed by atoms with Crippen LogP contribution in [-0.2, 0) is 0 Å². The van der Waals surface area contributed by atoms with E-state index < -0.39 is 0 Å². The van der Waals surface area contributed by atoms with Crippen molar-refractivity contribution in [2.24, 2.45) is 0 Å². The summed E-state index contributed by atoms with van der Waals surface area (Å²) in [5.74, 6) is -0.337. The highest BCUT2D eigenvalue weighted by Gasteiger charge is 2.15. The van der Waals surface area contributed by atoms with Gasteiger partial charge in [-0.05, 0) is 47.2 Å². The van der Waals surface area contributed by atoms with Crippen LogP contribution in [0.5, 0.6) is 0 Å². The second kappa shape index (κ2) is 6.63. The quantitative estimate of drug-likeness (QED) is 0.746. The van der Waals surface area contributed by atoms with Gasteiger partial charge in [0.25, 0.3) is 5.91 Å². The van der Waals surface area contributed by atoms with Crippen molar-refractivity contribution in [3.05, 3.63) is 69.4 Å². The van der Waals surface area contributed by atoms with Gasteiger partial charge in [-0.1, -0.05) is 11.6 Å². The summed E-state index contributed by atoms with van der Waals surface area (Å²) >= 11 is 6.20. The standard InChI is InChI=1S/C15H13ClN6O2/c1-9(10-4-5-17-14(23)6-10)19-15(24)12-3-2-11(7-13(12)16)22-8-18-20-21-22/h2-9H,1H3,(H,17,23)(H,19,24). The maximum Gasteiger partial charge on any atom is 0.253 e. The minimum Gasteiger partial charge on any atom is -0.345 e. The van der Waals surface area contributed by atoms with Crippen LogP contribution in [0, 0.1) is 0 Å². The molecule has 24 heavy (non-hydrogen) atoms. The molecule has 0 radical (unpaired) electrons. The molecule has 2 aromatic heterocycles. The van der Waals surface area contributed by atoms with E-state index in [0.29, 0.717) is 16.8 Å². The molecule has 1 amide bonds. The molecule has 9 heteroatoms. The number of aromatic nitrogens is 5. The highest BCUT2D eigenvalue weighted by molar-refractivity contribution is 6.34. The molecule has 122 valence electrons. The van der Waals surface area contributed by atoms with E-state index >= 15 is 0 Å². The summed E-state index contributed by atoms with van der Waals surface area (Å²) in [4.78, 5) is 26.3. The van der Waals surface area contributed by atoms with Crippen molar-refractivity contribution >= 4 is 17.5 Å². The summed E-state index contributed by atoms with van der Waals surface area (Å²) in [5, 5.41) is 13.9. The lowest BCUT2D eigenvalue weighted by Crippen LogP contribution is -2.27. The third-order valence-electron chi connectivity index (χ3n) is 3.46. The second-order valence-electron chi connectivity index (χ2n) is 5.10. The van der Waals surface area contributed by atoms with Gasteiger partial charge >= 0.3 is 0 Å². The number of carbonyl (C=O) groups excluding carboxylic acids is 1. The molecule has 2 N–H and O–H groups in total. The van der Waals surface area contributed by atoms with Crippen molar-refractivity contribution in [2.75, 3.05) is 0 Å². The largest absolute Gasteiger partial charge is 0.345 e. The summed E-state index contributed by atoms with van der Waals surface area (Å²) in [6, 6.07) is 7.72. The van der Waals surface area contributed by atoms with Crippen LogP contribution >= 0.6 is 11.6 Å². The van der Waals surface area contributed by atoms with Crippen LogP contribution in [0.4, 0.5) is 0 Å². The Kier molecular flexibility index (Phi) is 4.39. The van der Waals surface area contributed by atoms with E-state index in [-0.39, 0.29) is 22.5 Å². The number of aromatic amines is 1. The van der Waals surface area contributed by atoms with Gasteiger partial charge in [0.1, 0.15) is 6.33 Å². The van der Waals surface area contributed by atoms with Crippen LogP contribution in [0.15, 0.2) is 47.7 Å². The minimum atomic E-state index is -0.338. The number of hydrogen-bond donors (Lipinski definition) is 2. The van der Waals surface area contributed by atoms with E-state index in [0.717, 1.165) is 0 Å². The number of amides is 1. The van der Waals surface area contributed by atoms with Crippen molar-refractivity contribution in [1.82, 2.24) is 30.5 Å². The Morgan fingerprint density at radius 1 is 1.33 bits per heavy atom. The van der Waals surface area contributed by atoms with Gasteiger partial charge in [0, 0.05) is 12.3 Å². The number of carbonyl (C=O) groups is 1. The number of pyridine rings is 1. The number of H-pyrrole nitrogens is 1. The van der Waals surface area contributed by atoms with Gasteiger partial charge < -0.3 is 10.3 Å². The van der Waals surface area contributed by atoms with Crippen molar-refractivity contribution in [1.29, 1.82) is 0 Å². The molecule has 0 aliphatic rings. The Morgan fingerprint density at radius 3 is 2.83 bits per heavy atom. The summed E-state index contributed by atoms with van der Waals surface area (Å²) < 4.78 is 1.44. The summed E-state index contributed by atoms with van der Waals surface area (Å²) in [6.45, 7) is 1.79. The smallest absolute Gasteiger partial charge is 0.253 e. The molecule has 3 aromatic rings. The zero-order valence-electron chi connectivity index (χ0n) is 12.6. The maximum atomic E-state index is 12.4. The van der Waals surface area contributed by atoms with Crippen molar-refractivity contribution < 1.29 is 4.79 Å². The fourth-order valence-electron chi connectivity index (χ4n) is 2.20. The Morgan fingerprint density at radius 2 is 2.17 bits per heavy atom. The van der Waals surface area contributed by atoms with Gasteiger partial charge in [0.2, 0.25) is 5.56 Å². The molecule has 1 atom stereocenters. The predicted octanol–water partition coefficient (Wildman–Crippen LogP) is 1.49. The number of nitrogens with one attached hydrogen (secondary N) is 2. The van der Waals surface area contributed by atoms with Crippen LogP contribution < -0.4 is 10.9 Å². The zero-order valence-corrected chi connectivity index (χ0v) is 13.4. The first-order valence-electron chi connectivity index (χ1n) is 7.07. The second-order valence-corrected chi connectivity index (χ2v) is 5.51. The van der Waals surface area contributed by atoms with E-state index in [1.807, 2.05) is 0 Å². The van der Waals surface area contributed by atoms with Crippen molar-refractivity contribution in [2.45, 2.75) is 13.0 Å². The average molecular weight is 345 g/mol. The van der Waals surface area contributed by atoms with E-state index in [4.69, 9.17) is 11.6 Å². The molecule has 0 aliphatic heterocycles. The molecule has 0 spiro atoms. The Balaban J connectivity index is 1.79. The number of halogens is 1. The molecule has 8 nitrogen and oxygen atoms in total. The van der Waals surface area contributed by atoms with Crippen LogP contribution in [0.1, 0.15) is 28.9 Å². The molecule has 2 heterocycles. The number of tetrazole rings is 1. The Bertz CT molecular complexity index is 922. The third-order valence-corrected chi connectivity index (χ3v) is 3.77. The molecule has 0 saturated carbocycles. The fraction of sp³-hybridized carbons (Fsp3) is 0.133. The molecule has 1 aromatic carbocycles. The lowest BCUT2D eigenvalue weighted by molar-refractivity contribution is 0.0940. The van der Waals surface area contributed by atoms with Gasteiger partial charge in [0.15, 0.2) is 0 Å². The number of nitrogens with zero attached hydrogens (tertiary/aromatic N) is 4. The molecule has 0 aliphatic carbocycles. The molecule has 1 unspecified atom stereocenters. The van der Waals surface area contributed by atoms with E-state index in [2.05, 4.69) is 25.8 Å². The zero-order chi connectivity index (χ0) is 17.1. The maximum absolute atomic E-state index is 12.4. The van der Waals surface area contributed by atoms with E-state index in [9.17, 15) is 9.59 Å². The monoisotopic (exact) mass is 344 g/mol. The van der Waals surface area contributed by atoms with Crippen molar-refractivity contribution in [3.63, 3.8) is 0 Å². The van der Waals surface area contributed by atoms with Gasteiger partial charge in [-0.3, -0.25) is 9.59 Å². The SMILES string of the molecule is CC(NC(=O)c1ccc(-n2cnnn2)cc1Cl)c1cc[nH]c(=O)c1. The first-order valence-corrected chi connectivity index (χ1v) is 7.45. The van der Waals surface area contributed by atoms with Crippen molar-refractivity contribution in [3.8, 4) is 5.69 Å². The summed E-state index contributed by atoms with van der Waals surface area (Å²) in [7, 11) is 0. The van der Waals surface area contributed by atoms with Gasteiger partial charge in [-0.25, -0.2) is 4.68 Å². The molecular formula is C15H13ClN6O2. The summed E-state index contributed by atoms with van der Waals surface area (Å²) in [6.07, 6.45) is 2.97. The number of hydrogen-bond acceptors (Lipinski definition) is 5. The fourth-order valence-corrected chi connectivity index (χ4v) is 2.46. The lowest BCUT2D eigenvalue weighted by Gasteiger charge is -2.15. The average Bonchev–Trinajstić information content (AvgIpc) is 3.09. The van der Waals surface area contributed by atoms with E-state index in [1.54, 1.807) is 31.2 Å². The first kappa shape index (κ1) is 15.9. The molecule has 0 saturated heterocycles. The molecule has 0 bridgehead atoms. The minimum absolute atomic E-state index is 0.225. The molecular weight excluding hydrogens is 332 g/mol. The highest BCUT2D eigenvalue weighted by atomic mass is 35.5. The predicted molar refractivity (Wildman–Crippen MR) is 87.1 cm³/mol. The van der Waals surface area contributed by atoms with Gasteiger partial charge in [-0.15, -0.1) is 5.10 Å². The van der Waals surface area contributed by atoms with Crippen LogP contribution in [-0.4, -0.2) is 31.1 Å². The third kappa shape index (κ3) is 3.33. The Hall–Kier alpha value is -3.00. The lowest BCUT2D eigenvalue weighted by atomic mass is 10.1. The van der Waals surface area contributed by atoms with Crippen LogP contribution in [0.2, 0.25) is 5.02 Å². The normalized spacial score (nSPS) is 11.9. The molecule has 3 rings (SSSR count). The number of rotatable bonds is 4.